The van der Waals surface area contributed by atoms with E-state index in [0.717, 1.165) is 31.2 Å². The standard InChI is InChI=1S/C14H25N5O/c1-5-9-16-14(15-6-2)17-10-7-8-12-18-13(11(3)4)19-20-12/h5,11H,1,6-10H2,2-4H3,(H2,15,16,17). The molecule has 6 nitrogen and oxygen atoms in total. The van der Waals surface area contributed by atoms with Crippen LogP contribution in [0.15, 0.2) is 22.2 Å². The van der Waals surface area contributed by atoms with E-state index in [9.17, 15) is 0 Å². The lowest BCUT2D eigenvalue weighted by atomic mass is 10.2. The van der Waals surface area contributed by atoms with Crippen LogP contribution in [0.3, 0.4) is 0 Å². The summed E-state index contributed by atoms with van der Waals surface area (Å²) in [6, 6.07) is 0. The molecule has 6 heteroatoms. The lowest BCUT2D eigenvalue weighted by Crippen LogP contribution is -2.37. The van der Waals surface area contributed by atoms with E-state index in [-0.39, 0.29) is 0 Å². The maximum atomic E-state index is 5.19. The minimum Gasteiger partial charge on any atom is -0.357 e. The van der Waals surface area contributed by atoms with E-state index in [2.05, 4.69) is 32.3 Å². The summed E-state index contributed by atoms with van der Waals surface area (Å²) in [5, 5.41) is 10.3. The molecule has 2 N–H and O–H groups in total. The molecule has 1 aromatic rings. The third kappa shape index (κ3) is 5.86. The van der Waals surface area contributed by atoms with Crippen LogP contribution < -0.4 is 10.6 Å². The molecule has 0 aliphatic heterocycles. The molecule has 0 amide bonds. The zero-order chi connectivity index (χ0) is 14.8. The van der Waals surface area contributed by atoms with Crippen LogP contribution in [0, 0.1) is 0 Å². The first-order valence-electron chi connectivity index (χ1n) is 7.12. The molecule has 0 aliphatic carbocycles. The van der Waals surface area contributed by atoms with E-state index in [1.165, 1.54) is 0 Å². The molecule has 1 rings (SSSR count). The highest BCUT2D eigenvalue weighted by Crippen LogP contribution is 2.10. The van der Waals surface area contributed by atoms with Gasteiger partial charge in [0, 0.05) is 32.0 Å². The molecule has 0 unspecified atom stereocenters. The Morgan fingerprint density at radius 1 is 1.45 bits per heavy atom. The highest BCUT2D eigenvalue weighted by atomic mass is 16.5. The van der Waals surface area contributed by atoms with Crippen molar-refractivity contribution in [2.45, 2.75) is 39.5 Å². The van der Waals surface area contributed by atoms with Crippen molar-refractivity contribution in [1.29, 1.82) is 0 Å². The molecule has 0 saturated carbocycles. The minimum absolute atomic E-state index is 0.300. The van der Waals surface area contributed by atoms with Gasteiger partial charge in [0.05, 0.1) is 0 Å². The third-order valence-electron chi connectivity index (χ3n) is 2.58. The molecular weight excluding hydrogens is 254 g/mol. The van der Waals surface area contributed by atoms with Crippen LogP contribution in [0.25, 0.3) is 0 Å². The second-order valence-electron chi connectivity index (χ2n) is 4.73. The number of guanidine groups is 1. The average molecular weight is 279 g/mol. The van der Waals surface area contributed by atoms with Gasteiger partial charge < -0.3 is 15.2 Å². The molecule has 0 aromatic carbocycles. The predicted octanol–water partition coefficient (Wildman–Crippen LogP) is 1.87. The van der Waals surface area contributed by atoms with Crippen LogP contribution >= 0.6 is 0 Å². The number of nitrogens with zero attached hydrogens (tertiary/aromatic N) is 3. The van der Waals surface area contributed by atoms with Crippen molar-refractivity contribution >= 4 is 5.96 Å². The SMILES string of the molecule is C=CCNC(=NCCCc1nc(C(C)C)no1)NCC. The van der Waals surface area contributed by atoms with E-state index >= 15 is 0 Å². The van der Waals surface area contributed by atoms with Gasteiger partial charge in [-0.3, -0.25) is 4.99 Å². The van der Waals surface area contributed by atoms with Crippen LogP contribution in [-0.4, -0.2) is 35.7 Å². The van der Waals surface area contributed by atoms with Gasteiger partial charge in [-0.25, -0.2) is 0 Å². The fraction of sp³-hybridized carbons (Fsp3) is 0.643. The van der Waals surface area contributed by atoms with Gasteiger partial charge in [0.15, 0.2) is 11.8 Å². The number of aromatic nitrogens is 2. The smallest absolute Gasteiger partial charge is 0.226 e. The number of hydrogen-bond donors (Lipinski definition) is 2. The van der Waals surface area contributed by atoms with Crippen LogP contribution in [0.4, 0.5) is 0 Å². The van der Waals surface area contributed by atoms with Crippen molar-refractivity contribution in [3.8, 4) is 0 Å². The van der Waals surface area contributed by atoms with E-state index in [1.54, 1.807) is 6.08 Å². The maximum absolute atomic E-state index is 5.19. The highest BCUT2D eigenvalue weighted by Gasteiger charge is 2.08. The summed E-state index contributed by atoms with van der Waals surface area (Å²) in [7, 11) is 0. The summed E-state index contributed by atoms with van der Waals surface area (Å²) in [5.41, 5.74) is 0. The Kier molecular flexibility index (Phi) is 7.39. The van der Waals surface area contributed by atoms with Crippen LogP contribution in [0.5, 0.6) is 0 Å². The first-order chi connectivity index (χ1) is 9.67. The van der Waals surface area contributed by atoms with Crippen molar-refractivity contribution in [2.24, 2.45) is 4.99 Å². The van der Waals surface area contributed by atoms with E-state index in [1.807, 2.05) is 20.8 Å². The maximum Gasteiger partial charge on any atom is 0.226 e. The van der Waals surface area contributed by atoms with E-state index in [4.69, 9.17) is 4.52 Å². The molecule has 1 heterocycles. The topological polar surface area (TPSA) is 75.3 Å². The summed E-state index contributed by atoms with van der Waals surface area (Å²) in [6.45, 7) is 12.1. The van der Waals surface area contributed by atoms with Crippen molar-refractivity contribution in [3.05, 3.63) is 24.4 Å². The molecule has 0 fully saturated rings. The highest BCUT2D eigenvalue weighted by molar-refractivity contribution is 5.79. The Morgan fingerprint density at radius 2 is 2.25 bits per heavy atom. The average Bonchev–Trinajstić information content (AvgIpc) is 2.89. The second kappa shape index (κ2) is 9.12. The summed E-state index contributed by atoms with van der Waals surface area (Å²) >= 11 is 0. The van der Waals surface area contributed by atoms with Crippen molar-refractivity contribution < 1.29 is 4.52 Å². The van der Waals surface area contributed by atoms with Gasteiger partial charge in [0.2, 0.25) is 5.89 Å². The number of aryl methyl sites for hydroxylation is 1. The van der Waals surface area contributed by atoms with E-state index in [0.29, 0.717) is 24.9 Å². The molecule has 0 aliphatic rings. The Morgan fingerprint density at radius 3 is 2.85 bits per heavy atom. The summed E-state index contributed by atoms with van der Waals surface area (Å²) in [5.74, 6) is 2.56. The fourth-order valence-corrected chi connectivity index (χ4v) is 1.54. The monoisotopic (exact) mass is 279 g/mol. The van der Waals surface area contributed by atoms with Gasteiger partial charge in [0.25, 0.3) is 0 Å². The molecule has 0 radical (unpaired) electrons. The second-order valence-corrected chi connectivity index (χ2v) is 4.73. The largest absolute Gasteiger partial charge is 0.357 e. The molecule has 20 heavy (non-hydrogen) atoms. The van der Waals surface area contributed by atoms with E-state index < -0.39 is 0 Å². The summed E-state index contributed by atoms with van der Waals surface area (Å²) < 4.78 is 5.19. The number of aliphatic imine (C=N–C) groups is 1. The van der Waals surface area contributed by atoms with Gasteiger partial charge in [-0.2, -0.15) is 4.98 Å². The van der Waals surface area contributed by atoms with Gasteiger partial charge in [-0.15, -0.1) is 6.58 Å². The fourth-order valence-electron chi connectivity index (χ4n) is 1.54. The van der Waals surface area contributed by atoms with Gasteiger partial charge in [0.1, 0.15) is 0 Å². The van der Waals surface area contributed by atoms with Gasteiger partial charge in [-0.05, 0) is 13.3 Å². The predicted molar refractivity (Wildman–Crippen MR) is 80.9 cm³/mol. The molecule has 1 aromatic heterocycles. The number of rotatable bonds is 8. The molecular formula is C14H25N5O. The zero-order valence-corrected chi connectivity index (χ0v) is 12.6. The third-order valence-corrected chi connectivity index (χ3v) is 2.58. The lowest BCUT2D eigenvalue weighted by Gasteiger charge is -2.08. The Hall–Kier alpha value is -1.85. The van der Waals surface area contributed by atoms with Crippen LogP contribution in [0.1, 0.15) is 44.8 Å². The first kappa shape index (κ1) is 16.2. The van der Waals surface area contributed by atoms with Gasteiger partial charge >= 0.3 is 0 Å². The first-order valence-corrected chi connectivity index (χ1v) is 7.12. The molecule has 0 atom stereocenters. The van der Waals surface area contributed by atoms with Crippen molar-refractivity contribution in [2.75, 3.05) is 19.6 Å². The Labute approximate surface area is 120 Å². The molecule has 0 spiro atoms. The van der Waals surface area contributed by atoms with Crippen LogP contribution in [-0.2, 0) is 6.42 Å². The molecule has 0 bridgehead atoms. The van der Waals surface area contributed by atoms with Crippen molar-refractivity contribution in [3.63, 3.8) is 0 Å². The zero-order valence-electron chi connectivity index (χ0n) is 12.6. The normalized spacial score (nSPS) is 11.7. The van der Waals surface area contributed by atoms with Crippen molar-refractivity contribution in [1.82, 2.24) is 20.8 Å². The number of hydrogen-bond acceptors (Lipinski definition) is 4. The number of nitrogens with one attached hydrogen (secondary N) is 2. The Bertz CT molecular complexity index is 425. The minimum atomic E-state index is 0.300. The lowest BCUT2D eigenvalue weighted by molar-refractivity contribution is 0.369. The molecule has 0 saturated heterocycles. The summed E-state index contributed by atoms with van der Waals surface area (Å²) in [4.78, 5) is 8.81. The Balaban J connectivity index is 2.35. The molecule has 112 valence electrons. The summed E-state index contributed by atoms with van der Waals surface area (Å²) in [6.07, 6.45) is 3.44. The quantitative estimate of drug-likeness (QED) is 0.329. The van der Waals surface area contributed by atoms with Crippen LogP contribution in [0.2, 0.25) is 0 Å². The van der Waals surface area contributed by atoms with Gasteiger partial charge in [-0.1, -0.05) is 25.1 Å².